The van der Waals surface area contributed by atoms with E-state index < -0.39 is 53.2 Å². The Bertz CT molecular complexity index is 6500. The fourth-order valence-electron chi connectivity index (χ4n) is 13.5. The van der Waals surface area contributed by atoms with Crippen molar-refractivity contribution in [2.45, 2.75) is 131 Å². The van der Waals surface area contributed by atoms with Gasteiger partial charge in [-0.15, -0.1) is 0 Å². The zero-order chi connectivity index (χ0) is 92.4. The third-order valence-corrected chi connectivity index (χ3v) is 19.3. The number of aromatic hydroxyl groups is 1. The second-order valence-electron chi connectivity index (χ2n) is 31.8. The van der Waals surface area contributed by atoms with Gasteiger partial charge in [0.25, 0.3) is 22.2 Å². The number of nitrogens with one attached hydrogen (secondary N) is 4. The van der Waals surface area contributed by atoms with Gasteiger partial charge >= 0.3 is 18.3 Å². The number of aromatic nitrogens is 8. The Balaban J connectivity index is 0.000000170. The first-order valence-corrected chi connectivity index (χ1v) is 40.4. The summed E-state index contributed by atoms with van der Waals surface area (Å²) < 4.78 is 38.7. The van der Waals surface area contributed by atoms with E-state index in [-0.39, 0.29) is 67.8 Å². The molecular weight excluding hydrogens is 1640 g/mol. The van der Waals surface area contributed by atoms with Gasteiger partial charge in [-0.3, -0.25) is 37.4 Å². The molecule has 6 heterocycles. The molecule has 127 heavy (non-hydrogen) atoms. The minimum Gasteiger partial charge on any atom is -0.507 e. The van der Waals surface area contributed by atoms with Gasteiger partial charge in [-0.05, 0) is 209 Å². The average Bonchev–Trinajstić information content (AvgIpc) is 0.769. The number of rotatable bonds is 16. The number of phenolic OH excluding ortho intramolecular Hbond substituents is 1. The van der Waals surface area contributed by atoms with Crippen molar-refractivity contribution in [1.82, 2.24) is 54.2 Å². The van der Waals surface area contributed by atoms with E-state index >= 15 is 0 Å². The Kier molecular flexibility index (Phi) is 30.3. The number of para-hydroxylation sites is 4. The predicted octanol–water partition coefficient (Wildman–Crippen LogP) is 18.8. The molecule has 14 aromatic rings. The van der Waals surface area contributed by atoms with E-state index in [1.165, 1.54) is 23.0 Å². The van der Waals surface area contributed by atoms with Crippen LogP contribution in [0.3, 0.4) is 0 Å². The molecule has 0 saturated heterocycles. The Morgan fingerprint density at radius 2 is 0.677 bits per heavy atom. The van der Waals surface area contributed by atoms with Gasteiger partial charge in [0, 0.05) is 57.9 Å². The molecule has 31 heteroatoms. The quantitative estimate of drug-likeness (QED) is 0.0268. The molecule has 0 fully saturated rings. The molecule has 0 aliphatic carbocycles. The van der Waals surface area contributed by atoms with Crippen molar-refractivity contribution in [3.05, 3.63) is 323 Å². The number of halogens is 1. The molecule has 6 aromatic heterocycles. The minimum atomic E-state index is -0.627. The summed E-state index contributed by atoms with van der Waals surface area (Å²) in [4.78, 5) is 112. The molecule has 0 aliphatic heterocycles. The Morgan fingerprint density at radius 1 is 0.402 bits per heavy atom. The molecule has 8 aromatic carbocycles. The fraction of sp³-hybridized carbons (Fsp3) is 0.240. The maximum atomic E-state index is 13.6. The highest BCUT2D eigenvalue weighted by Crippen LogP contribution is 2.35. The standard InChI is InChI=1S/C23H20N6O2.2C23H26N2O4.C22H24N2O4.C5H3ClN4/c1-14(27-21-17(25-2)13-26-23(24)28-21)18-12-15-8-7-11-19(31-3)20(15)22(30)29(18)16-9-5-4-6-10-16;2*1-15(24-22(27)29-23(2,3)4)18-14-16-10-9-13-19(28-5)20(16)21(26)25(18)17-11-7-6-8-12-17;1-14(23-21(27)28-22(2,3)4)17-13-15-9-8-12-18(25)19(15)20(26)24(17)16-10-6-5-7-11-16;1-8-3-2-9-5(7)10-4(3)6/h4-14H,1,3H3,(H3,24,26,27,28);2*6-15H,1-5H3,(H,24,27);5-14,25H,1-4H3,(H,23,27);2H,(H2,7,9,10)/t14-;2*15-;14-;/m0000./s1. The van der Waals surface area contributed by atoms with Crippen LogP contribution in [0.25, 0.3) is 75.5 Å². The third-order valence-electron chi connectivity index (χ3n) is 19.0. The molecule has 0 bridgehead atoms. The first-order chi connectivity index (χ1) is 60.4. The zero-order valence-corrected chi connectivity index (χ0v) is 73.8. The lowest BCUT2D eigenvalue weighted by Gasteiger charge is -2.24. The van der Waals surface area contributed by atoms with Crippen molar-refractivity contribution in [1.29, 1.82) is 0 Å². The average molecular weight is 1740 g/mol. The lowest BCUT2D eigenvalue weighted by molar-refractivity contribution is 0.0494. The lowest BCUT2D eigenvalue weighted by Crippen LogP contribution is -2.36. The van der Waals surface area contributed by atoms with E-state index in [0.717, 1.165) is 21.8 Å². The Hall–Kier alpha value is -15.6. The molecule has 0 spiro atoms. The van der Waals surface area contributed by atoms with Crippen LogP contribution in [0.4, 0.5) is 43.5 Å². The van der Waals surface area contributed by atoms with Crippen LogP contribution in [-0.2, 0) is 14.2 Å². The molecule has 654 valence electrons. The van der Waals surface area contributed by atoms with Crippen LogP contribution in [0.15, 0.2) is 250 Å². The van der Waals surface area contributed by atoms with Crippen LogP contribution in [0.5, 0.6) is 23.0 Å². The monoisotopic (exact) mass is 1730 g/mol. The summed E-state index contributed by atoms with van der Waals surface area (Å²) in [6.45, 7) is 37.5. The van der Waals surface area contributed by atoms with Crippen LogP contribution in [0.1, 0.15) is 137 Å². The summed E-state index contributed by atoms with van der Waals surface area (Å²) in [5.74, 6) is 1.91. The number of nitrogens with two attached hydrogens (primary N) is 2. The molecule has 0 radical (unpaired) electrons. The van der Waals surface area contributed by atoms with Gasteiger partial charge in [-0.2, -0.15) is 0 Å². The number of pyridine rings is 4. The largest absolute Gasteiger partial charge is 0.507 e. The third kappa shape index (κ3) is 23.4. The Labute approximate surface area is 738 Å². The number of anilines is 3. The molecule has 0 aliphatic rings. The van der Waals surface area contributed by atoms with E-state index in [9.17, 15) is 38.7 Å². The van der Waals surface area contributed by atoms with Crippen molar-refractivity contribution in [2.75, 3.05) is 38.1 Å². The van der Waals surface area contributed by atoms with E-state index in [4.69, 9.17) is 64.6 Å². The van der Waals surface area contributed by atoms with Crippen LogP contribution in [0, 0.1) is 13.1 Å². The number of phenols is 1. The number of fused-ring (bicyclic) bond motifs is 4. The van der Waals surface area contributed by atoms with E-state index in [1.807, 2.05) is 185 Å². The van der Waals surface area contributed by atoms with Crippen molar-refractivity contribution in [2.24, 2.45) is 0 Å². The first kappa shape index (κ1) is 93.7. The Morgan fingerprint density at radius 3 is 0.969 bits per heavy atom. The van der Waals surface area contributed by atoms with Crippen LogP contribution >= 0.6 is 11.6 Å². The molecular formula is C96H99ClN16O14. The molecule has 9 N–H and O–H groups in total. The van der Waals surface area contributed by atoms with Crippen molar-refractivity contribution < 1.29 is 47.9 Å². The van der Waals surface area contributed by atoms with Gasteiger partial charge in [-0.25, -0.2) is 44.0 Å². The summed E-state index contributed by atoms with van der Waals surface area (Å²) >= 11 is 5.48. The highest BCUT2D eigenvalue weighted by molar-refractivity contribution is 6.32. The van der Waals surface area contributed by atoms with Gasteiger partial charge in [0.1, 0.15) is 50.8 Å². The number of carbonyl (C=O) groups is 3. The predicted molar refractivity (Wildman–Crippen MR) is 495 cm³/mol. The zero-order valence-electron chi connectivity index (χ0n) is 73.0. The molecule has 30 nitrogen and oxygen atoms in total. The summed E-state index contributed by atoms with van der Waals surface area (Å²) in [5.41, 5.74) is 13.9. The second-order valence-corrected chi connectivity index (χ2v) is 32.1. The topological polar surface area (TPSA) is 375 Å². The van der Waals surface area contributed by atoms with Gasteiger partial charge in [0.15, 0.2) is 0 Å². The molecule has 3 amide bonds. The van der Waals surface area contributed by atoms with Gasteiger partial charge in [-0.1, -0.05) is 133 Å². The lowest BCUT2D eigenvalue weighted by atomic mass is 10.1. The summed E-state index contributed by atoms with van der Waals surface area (Å²) in [7, 11) is 4.63. The van der Waals surface area contributed by atoms with Crippen LogP contribution in [-0.4, -0.2) is 99.7 Å². The molecule has 14 rings (SSSR count). The normalized spacial score (nSPS) is 12.0. The first-order valence-electron chi connectivity index (χ1n) is 40.0. The van der Waals surface area contributed by atoms with Crippen LogP contribution < -0.4 is 69.2 Å². The maximum Gasteiger partial charge on any atom is 0.408 e. The maximum absolute atomic E-state index is 13.6. The number of nitrogens with zero attached hydrogens (tertiary/aromatic N) is 10. The van der Waals surface area contributed by atoms with Gasteiger partial charge < -0.3 is 66.3 Å². The van der Waals surface area contributed by atoms with Crippen molar-refractivity contribution >= 4 is 102 Å². The number of amides is 3. The molecule has 4 atom stereocenters. The number of nitrogen functional groups attached to an aromatic ring is 2. The number of benzene rings is 8. The summed E-state index contributed by atoms with van der Waals surface area (Å²) in [6, 6.07) is 64.2. The highest BCUT2D eigenvalue weighted by atomic mass is 35.5. The number of carbonyl (C=O) groups excluding carboxylic acids is 3. The number of methoxy groups -OCH3 is 3. The van der Waals surface area contributed by atoms with E-state index in [1.54, 1.807) is 153 Å². The summed E-state index contributed by atoms with van der Waals surface area (Å²) in [5, 5.41) is 26.6. The second kappa shape index (κ2) is 41.1. The number of ether oxygens (including phenoxy) is 6. The van der Waals surface area contributed by atoms with Crippen molar-refractivity contribution in [3.63, 3.8) is 0 Å². The fourth-order valence-corrected chi connectivity index (χ4v) is 13.7. The van der Waals surface area contributed by atoms with Crippen LogP contribution in [0.2, 0.25) is 5.15 Å². The number of hydrogen-bond acceptors (Lipinski definition) is 21. The molecule has 0 saturated carbocycles. The van der Waals surface area contributed by atoms with Gasteiger partial charge in [0.2, 0.25) is 23.3 Å². The number of hydrogen-bond donors (Lipinski definition) is 7. The highest BCUT2D eigenvalue weighted by Gasteiger charge is 2.28. The summed E-state index contributed by atoms with van der Waals surface area (Å²) in [6.07, 6.45) is 1.02. The SMILES string of the molecule is COc1cccc2cc([C@H](C)NC(=O)OC(C)(C)C)n(-c3ccccc3)c(=O)c12.COc1cccc2cc([C@H](C)NC(=O)OC(C)(C)C)n(-c3ccccc3)c(=O)c12.C[C@H](NC(=O)OC(C)(C)C)c1cc2cccc(O)c2c(=O)n1-c1ccccc1.[C-]#[N+]c1cnc(N)nc1Cl.[C-]#[N+]c1cnc(N)nc1N[C@@H](C)c1cc2cccc(OC)c2c(=O)n1-c1ccccc1. The van der Waals surface area contributed by atoms with E-state index in [2.05, 4.69) is 50.9 Å². The van der Waals surface area contributed by atoms with Gasteiger partial charge in [0.05, 0.1) is 80.2 Å². The minimum absolute atomic E-state index is 0.0609. The smallest absolute Gasteiger partial charge is 0.408 e. The molecule has 0 unspecified atom stereocenters. The number of alkyl carbamates (subject to hydrolysis) is 3. The van der Waals surface area contributed by atoms with Crippen molar-refractivity contribution in [3.8, 4) is 45.7 Å². The van der Waals surface area contributed by atoms with E-state index in [0.29, 0.717) is 84.4 Å².